The first-order chi connectivity index (χ1) is 8.47. The highest BCUT2D eigenvalue weighted by atomic mass is 19.4. The van der Waals surface area contributed by atoms with Gasteiger partial charge in [-0.2, -0.15) is 13.2 Å². The van der Waals surface area contributed by atoms with E-state index >= 15 is 0 Å². The van der Waals surface area contributed by atoms with Crippen LogP contribution >= 0.6 is 0 Å². The van der Waals surface area contributed by atoms with Gasteiger partial charge in [0, 0.05) is 12.5 Å². The van der Waals surface area contributed by atoms with Crippen LogP contribution in [0.3, 0.4) is 0 Å². The van der Waals surface area contributed by atoms with Crippen LogP contribution in [0.25, 0.3) is 0 Å². The predicted octanol–water partition coefficient (Wildman–Crippen LogP) is 2.65. The summed E-state index contributed by atoms with van der Waals surface area (Å²) in [6.45, 7) is 1.18. The highest BCUT2D eigenvalue weighted by Crippen LogP contribution is 2.29. The van der Waals surface area contributed by atoms with Gasteiger partial charge in [-0.15, -0.1) is 0 Å². The third kappa shape index (κ3) is 3.23. The number of hydrogen-bond acceptors (Lipinski definition) is 2. The lowest BCUT2D eigenvalue weighted by Crippen LogP contribution is -2.23. The molecule has 2 rings (SSSR count). The van der Waals surface area contributed by atoms with E-state index in [4.69, 9.17) is 4.74 Å². The minimum Gasteiger partial charge on any atom is -0.392 e. The van der Waals surface area contributed by atoms with Gasteiger partial charge in [0.1, 0.15) is 0 Å². The van der Waals surface area contributed by atoms with Gasteiger partial charge in [0.2, 0.25) is 0 Å². The zero-order chi connectivity index (χ0) is 13.2. The number of alkyl halides is 3. The van der Waals surface area contributed by atoms with Gasteiger partial charge in [-0.05, 0) is 30.5 Å². The molecular formula is C13H15F3O2. The van der Waals surface area contributed by atoms with Crippen molar-refractivity contribution in [3.05, 3.63) is 35.4 Å². The van der Waals surface area contributed by atoms with E-state index in [1.807, 2.05) is 0 Å². The number of rotatable bonds is 3. The van der Waals surface area contributed by atoms with Gasteiger partial charge in [0.25, 0.3) is 0 Å². The second kappa shape index (κ2) is 5.28. The summed E-state index contributed by atoms with van der Waals surface area (Å²) in [5.41, 5.74) is 0.0485. The standard InChI is InChI=1S/C13H15F3O2/c14-13(15,16)11-3-1-9(2-4-11)7-12(17)10-5-6-18-8-10/h1-4,10,12,17H,5-8H2. The quantitative estimate of drug-likeness (QED) is 0.905. The lowest BCUT2D eigenvalue weighted by atomic mass is 9.95. The van der Waals surface area contributed by atoms with Crippen molar-refractivity contribution in [2.24, 2.45) is 5.92 Å². The topological polar surface area (TPSA) is 29.5 Å². The first-order valence-corrected chi connectivity index (χ1v) is 5.89. The summed E-state index contributed by atoms with van der Waals surface area (Å²) in [6.07, 6.45) is -3.69. The normalized spacial score (nSPS) is 22.1. The largest absolute Gasteiger partial charge is 0.416 e. The zero-order valence-electron chi connectivity index (χ0n) is 9.78. The van der Waals surface area contributed by atoms with Gasteiger partial charge in [0.05, 0.1) is 18.3 Å². The van der Waals surface area contributed by atoms with Crippen molar-refractivity contribution < 1.29 is 23.0 Å². The molecule has 1 saturated heterocycles. The summed E-state index contributed by atoms with van der Waals surface area (Å²) >= 11 is 0. The van der Waals surface area contributed by atoms with Crippen LogP contribution in [0.4, 0.5) is 13.2 Å². The fourth-order valence-corrected chi connectivity index (χ4v) is 2.09. The number of ether oxygens (including phenoxy) is 1. The van der Waals surface area contributed by atoms with Gasteiger partial charge >= 0.3 is 6.18 Å². The molecule has 2 nitrogen and oxygen atoms in total. The smallest absolute Gasteiger partial charge is 0.392 e. The van der Waals surface area contributed by atoms with E-state index < -0.39 is 17.8 Å². The molecule has 0 aromatic heterocycles. The summed E-state index contributed by atoms with van der Waals surface area (Å²) in [7, 11) is 0. The van der Waals surface area contributed by atoms with Crippen LogP contribution in [0.1, 0.15) is 17.5 Å². The minimum atomic E-state index is -4.31. The Morgan fingerprint density at radius 3 is 2.44 bits per heavy atom. The maximum atomic E-state index is 12.4. The monoisotopic (exact) mass is 260 g/mol. The van der Waals surface area contributed by atoms with Gasteiger partial charge in [-0.25, -0.2) is 0 Å². The maximum Gasteiger partial charge on any atom is 0.416 e. The third-order valence-electron chi connectivity index (χ3n) is 3.24. The van der Waals surface area contributed by atoms with E-state index in [0.29, 0.717) is 25.2 Å². The van der Waals surface area contributed by atoms with Crippen LogP contribution in [-0.2, 0) is 17.3 Å². The zero-order valence-corrected chi connectivity index (χ0v) is 9.78. The van der Waals surface area contributed by atoms with Crippen molar-refractivity contribution in [1.29, 1.82) is 0 Å². The third-order valence-corrected chi connectivity index (χ3v) is 3.24. The molecule has 2 atom stereocenters. The maximum absolute atomic E-state index is 12.4. The molecule has 1 aliphatic heterocycles. The van der Waals surface area contributed by atoms with Crippen molar-refractivity contribution in [3.8, 4) is 0 Å². The van der Waals surface area contributed by atoms with Crippen molar-refractivity contribution in [3.63, 3.8) is 0 Å². The van der Waals surface area contributed by atoms with Gasteiger partial charge in [-0.3, -0.25) is 0 Å². The van der Waals surface area contributed by atoms with E-state index in [0.717, 1.165) is 18.6 Å². The van der Waals surface area contributed by atoms with Crippen molar-refractivity contribution >= 4 is 0 Å². The van der Waals surface area contributed by atoms with E-state index in [-0.39, 0.29) is 5.92 Å². The van der Waals surface area contributed by atoms with E-state index in [1.165, 1.54) is 12.1 Å². The molecule has 1 N–H and O–H groups in total. The number of hydrogen-bond donors (Lipinski definition) is 1. The Morgan fingerprint density at radius 1 is 1.28 bits per heavy atom. The molecule has 0 radical (unpaired) electrons. The lowest BCUT2D eigenvalue weighted by molar-refractivity contribution is -0.137. The Labute approximate surface area is 103 Å². The van der Waals surface area contributed by atoms with E-state index in [1.54, 1.807) is 0 Å². The fourth-order valence-electron chi connectivity index (χ4n) is 2.09. The second-order valence-corrected chi connectivity index (χ2v) is 4.59. The van der Waals surface area contributed by atoms with Crippen LogP contribution in [0.2, 0.25) is 0 Å². The van der Waals surface area contributed by atoms with Crippen LogP contribution in [0.15, 0.2) is 24.3 Å². The number of aliphatic hydroxyl groups is 1. The Bertz CT molecular complexity index is 380. The van der Waals surface area contributed by atoms with Gasteiger partial charge < -0.3 is 9.84 Å². The molecule has 1 aliphatic rings. The minimum absolute atomic E-state index is 0.0901. The van der Waals surface area contributed by atoms with Gasteiger partial charge in [-0.1, -0.05) is 12.1 Å². The van der Waals surface area contributed by atoms with E-state index in [9.17, 15) is 18.3 Å². The molecular weight excluding hydrogens is 245 g/mol. The lowest BCUT2D eigenvalue weighted by Gasteiger charge is -2.16. The Balaban J connectivity index is 1.97. The highest BCUT2D eigenvalue weighted by Gasteiger charge is 2.30. The van der Waals surface area contributed by atoms with Crippen LogP contribution in [0, 0.1) is 5.92 Å². The number of benzene rings is 1. The molecule has 1 aromatic rings. The first kappa shape index (κ1) is 13.4. The molecule has 0 saturated carbocycles. The molecule has 1 fully saturated rings. The van der Waals surface area contributed by atoms with Crippen LogP contribution in [-0.4, -0.2) is 24.4 Å². The predicted molar refractivity (Wildman–Crippen MR) is 60.1 cm³/mol. The molecule has 1 aromatic carbocycles. The summed E-state index contributed by atoms with van der Waals surface area (Å²) in [5.74, 6) is 0.0901. The first-order valence-electron chi connectivity index (χ1n) is 5.89. The van der Waals surface area contributed by atoms with Crippen molar-refractivity contribution in [1.82, 2.24) is 0 Å². The summed E-state index contributed by atoms with van der Waals surface area (Å²) < 4.78 is 42.3. The molecule has 0 aliphatic carbocycles. The molecule has 0 spiro atoms. The molecule has 5 heteroatoms. The molecule has 0 amide bonds. The summed E-state index contributed by atoms with van der Waals surface area (Å²) in [6, 6.07) is 4.93. The summed E-state index contributed by atoms with van der Waals surface area (Å²) in [5, 5.41) is 9.93. The summed E-state index contributed by atoms with van der Waals surface area (Å²) in [4.78, 5) is 0. The Hall–Kier alpha value is -1.07. The molecule has 0 bridgehead atoms. The second-order valence-electron chi connectivity index (χ2n) is 4.59. The molecule has 2 unspecified atom stereocenters. The Kier molecular flexibility index (Phi) is 3.92. The van der Waals surface area contributed by atoms with Gasteiger partial charge in [0.15, 0.2) is 0 Å². The van der Waals surface area contributed by atoms with Crippen LogP contribution in [0.5, 0.6) is 0 Å². The Morgan fingerprint density at radius 2 is 1.94 bits per heavy atom. The highest BCUT2D eigenvalue weighted by molar-refractivity contribution is 5.25. The van der Waals surface area contributed by atoms with Crippen molar-refractivity contribution in [2.75, 3.05) is 13.2 Å². The number of halogens is 3. The van der Waals surface area contributed by atoms with Crippen LogP contribution < -0.4 is 0 Å². The molecule has 1 heterocycles. The number of aliphatic hydroxyl groups excluding tert-OH is 1. The van der Waals surface area contributed by atoms with Crippen molar-refractivity contribution in [2.45, 2.75) is 25.1 Å². The SMILES string of the molecule is OC(Cc1ccc(C(F)(F)F)cc1)C1CCOC1. The average Bonchev–Trinajstić information content (AvgIpc) is 2.82. The molecule has 100 valence electrons. The van der Waals surface area contributed by atoms with E-state index in [2.05, 4.69) is 0 Å². The fraction of sp³-hybridized carbons (Fsp3) is 0.538. The average molecular weight is 260 g/mol. The molecule has 18 heavy (non-hydrogen) atoms.